The summed E-state index contributed by atoms with van der Waals surface area (Å²) in [5, 5.41) is 2.57. The van der Waals surface area contributed by atoms with Crippen molar-refractivity contribution in [2.45, 2.75) is 30.3 Å². The van der Waals surface area contributed by atoms with Crippen LogP contribution in [0.25, 0.3) is 0 Å². The molecule has 1 saturated carbocycles. The van der Waals surface area contributed by atoms with E-state index in [2.05, 4.69) is 16.0 Å². The molecule has 0 spiro atoms. The molecule has 1 aliphatic rings. The van der Waals surface area contributed by atoms with Crippen molar-refractivity contribution in [1.82, 2.24) is 14.9 Å². The predicted octanol–water partition coefficient (Wildman–Crippen LogP) is 1.76. The van der Waals surface area contributed by atoms with Gasteiger partial charge in [0.1, 0.15) is 0 Å². The molecule has 2 amide bonds. The van der Waals surface area contributed by atoms with E-state index in [1.807, 2.05) is 12.1 Å². The molecule has 0 radical (unpaired) electrons. The van der Waals surface area contributed by atoms with Gasteiger partial charge in [0.2, 0.25) is 10.0 Å². The van der Waals surface area contributed by atoms with Crippen LogP contribution in [0.5, 0.6) is 0 Å². The van der Waals surface area contributed by atoms with Gasteiger partial charge in [0.15, 0.2) is 0 Å². The Bertz CT molecular complexity index is 1080. The minimum absolute atomic E-state index is 0.00530. The molecule has 30 heavy (non-hydrogen) atoms. The van der Waals surface area contributed by atoms with E-state index in [1.165, 1.54) is 12.1 Å². The lowest BCUT2D eigenvalue weighted by molar-refractivity contribution is 0.0729. The molecule has 156 valence electrons. The monoisotopic (exact) mass is 425 g/mol. The molecule has 1 fully saturated rings. The van der Waals surface area contributed by atoms with Crippen LogP contribution < -0.4 is 10.0 Å². The van der Waals surface area contributed by atoms with Gasteiger partial charge in [-0.2, -0.15) is 4.72 Å². The molecule has 0 atom stereocenters. The second-order valence-corrected chi connectivity index (χ2v) is 8.76. The van der Waals surface area contributed by atoms with Gasteiger partial charge in [-0.05, 0) is 48.7 Å². The van der Waals surface area contributed by atoms with E-state index in [9.17, 15) is 18.0 Å². The van der Waals surface area contributed by atoms with Gasteiger partial charge in [-0.25, -0.2) is 8.42 Å². The third-order valence-electron chi connectivity index (χ3n) is 4.80. The van der Waals surface area contributed by atoms with E-state index in [0.717, 1.165) is 18.4 Å². The topological polar surface area (TPSA) is 95.6 Å². The summed E-state index contributed by atoms with van der Waals surface area (Å²) in [6.07, 6.45) is 6.93. The molecular formula is C22H23N3O4S. The second kappa shape index (κ2) is 9.11. The van der Waals surface area contributed by atoms with Crippen molar-refractivity contribution < 1.29 is 18.0 Å². The minimum Gasteiger partial charge on any atom is -0.355 e. The Balaban J connectivity index is 1.80. The molecule has 0 aliphatic heterocycles. The van der Waals surface area contributed by atoms with Crippen molar-refractivity contribution in [2.24, 2.45) is 0 Å². The lowest BCUT2D eigenvalue weighted by atomic mass is 10.1. The molecule has 2 aromatic rings. The Hall–Kier alpha value is -3.15. The van der Waals surface area contributed by atoms with Gasteiger partial charge in [-0.15, -0.1) is 6.42 Å². The van der Waals surface area contributed by atoms with Crippen LogP contribution in [0.15, 0.2) is 53.4 Å². The van der Waals surface area contributed by atoms with E-state index < -0.39 is 10.0 Å². The van der Waals surface area contributed by atoms with Crippen LogP contribution in [-0.4, -0.2) is 44.8 Å². The van der Waals surface area contributed by atoms with Crippen molar-refractivity contribution in [3.05, 3.63) is 65.2 Å². The van der Waals surface area contributed by atoms with Crippen LogP contribution in [0.2, 0.25) is 0 Å². The first-order valence-electron chi connectivity index (χ1n) is 9.51. The number of amides is 2. The first-order valence-corrected chi connectivity index (χ1v) is 11.0. The predicted molar refractivity (Wildman–Crippen MR) is 113 cm³/mol. The number of hydrogen-bond donors (Lipinski definition) is 2. The van der Waals surface area contributed by atoms with E-state index in [0.29, 0.717) is 17.7 Å². The molecule has 8 heteroatoms. The molecule has 3 rings (SSSR count). The minimum atomic E-state index is -3.78. The number of nitrogens with zero attached hydrogens (tertiary/aromatic N) is 1. The molecular weight excluding hydrogens is 402 g/mol. The van der Waals surface area contributed by atoms with Crippen molar-refractivity contribution >= 4 is 21.8 Å². The number of carbonyl (C=O) groups excluding carboxylic acids is 2. The highest BCUT2D eigenvalue weighted by molar-refractivity contribution is 7.89. The van der Waals surface area contributed by atoms with Gasteiger partial charge in [-0.3, -0.25) is 9.59 Å². The fourth-order valence-electron chi connectivity index (χ4n) is 3.04. The van der Waals surface area contributed by atoms with E-state index in [-0.39, 0.29) is 29.3 Å². The Labute approximate surface area is 176 Å². The smallest absolute Gasteiger partial charge is 0.254 e. The zero-order valence-corrected chi connectivity index (χ0v) is 17.4. The van der Waals surface area contributed by atoms with Crippen molar-refractivity contribution in [2.75, 3.05) is 13.6 Å². The first-order chi connectivity index (χ1) is 14.4. The number of nitrogens with one attached hydrogen (secondary N) is 2. The van der Waals surface area contributed by atoms with Gasteiger partial charge in [0.05, 0.1) is 11.4 Å². The number of hydrogen-bond acceptors (Lipinski definition) is 4. The Morgan fingerprint density at radius 1 is 1.13 bits per heavy atom. The maximum atomic E-state index is 13.2. The summed E-state index contributed by atoms with van der Waals surface area (Å²) >= 11 is 0. The standard InChI is InChI=1S/C22H23N3O4S/c1-3-13-24-30(28,29)20-6-4-5-18(14-20)22(27)25(19-11-12-19)15-16-7-9-17(10-8-16)21(26)23-2/h1,4-10,14,19,24H,11-13,15H2,2H3,(H,23,26). The Kier molecular flexibility index (Phi) is 6.55. The van der Waals surface area contributed by atoms with Crippen molar-refractivity contribution in [3.63, 3.8) is 0 Å². The second-order valence-electron chi connectivity index (χ2n) is 7.00. The molecule has 0 aromatic heterocycles. The van der Waals surface area contributed by atoms with Crippen LogP contribution in [-0.2, 0) is 16.6 Å². The summed E-state index contributed by atoms with van der Waals surface area (Å²) in [4.78, 5) is 26.6. The Morgan fingerprint density at radius 2 is 1.83 bits per heavy atom. The summed E-state index contributed by atoms with van der Waals surface area (Å²) in [5.74, 6) is 1.82. The third-order valence-corrected chi connectivity index (χ3v) is 6.20. The number of rotatable bonds is 8. The molecule has 7 nitrogen and oxygen atoms in total. The molecule has 0 saturated heterocycles. The lowest BCUT2D eigenvalue weighted by Gasteiger charge is -2.23. The van der Waals surface area contributed by atoms with Gasteiger partial charge in [0, 0.05) is 30.8 Å². The molecule has 2 N–H and O–H groups in total. The normalized spacial score (nSPS) is 13.3. The number of terminal acetylenes is 1. The maximum Gasteiger partial charge on any atom is 0.254 e. The summed E-state index contributed by atoms with van der Waals surface area (Å²) in [7, 11) is -2.21. The fourth-order valence-corrected chi connectivity index (χ4v) is 4.02. The van der Waals surface area contributed by atoms with E-state index >= 15 is 0 Å². The zero-order valence-electron chi connectivity index (χ0n) is 16.6. The quantitative estimate of drug-likeness (QED) is 0.630. The highest BCUT2D eigenvalue weighted by Gasteiger charge is 2.33. The van der Waals surface area contributed by atoms with Crippen LogP contribution in [0.3, 0.4) is 0 Å². The summed E-state index contributed by atoms with van der Waals surface area (Å²) < 4.78 is 26.9. The van der Waals surface area contributed by atoms with Gasteiger partial charge < -0.3 is 10.2 Å². The third kappa shape index (κ3) is 5.06. The fraction of sp³-hybridized carbons (Fsp3) is 0.273. The first kappa shape index (κ1) is 21.6. The van der Waals surface area contributed by atoms with Crippen LogP contribution in [0, 0.1) is 12.3 Å². The summed E-state index contributed by atoms with van der Waals surface area (Å²) in [5.41, 5.74) is 1.73. The zero-order chi connectivity index (χ0) is 21.7. The van der Waals surface area contributed by atoms with E-state index in [4.69, 9.17) is 6.42 Å². The van der Waals surface area contributed by atoms with Crippen LogP contribution in [0.1, 0.15) is 39.1 Å². The van der Waals surface area contributed by atoms with Gasteiger partial charge in [0.25, 0.3) is 11.8 Å². The lowest BCUT2D eigenvalue weighted by Crippen LogP contribution is -2.33. The Morgan fingerprint density at radius 3 is 2.43 bits per heavy atom. The molecule has 0 bridgehead atoms. The molecule has 0 heterocycles. The van der Waals surface area contributed by atoms with E-state index in [1.54, 1.807) is 36.2 Å². The number of benzene rings is 2. The molecule has 2 aromatic carbocycles. The molecule has 1 aliphatic carbocycles. The number of carbonyl (C=O) groups is 2. The van der Waals surface area contributed by atoms with Crippen molar-refractivity contribution in [1.29, 1.82) is 0 Å². The van der Waals surface area contributed by atoms with Crippen LogP contribution >= 0.6 is 0 Å². The highest BCUT2D eigenvalue weighted by atomic mass is 32.2. The largest absolute Gasteiger partial charge is 0.355 e. The van der Waals surface area contributed by atoms with Crippen molar-refractivity contribution in [3.8, 4) is 12.3 Å². The van der Waals surface area contributed by atoms with Gasteiger partial charge >= 0.3 is 0 Å². The summed E-state index contributed by atoms with van der Waals surface area (Å²) in [6.45, 7) is 0.255. The summed E-state index contributed by atoms with van der Waals surface area (Å²) in [6, 6.07) is 13.1. The van der Waals surface area contributed by atoms with Gasteiger partial charge in [-0.1, -0.05) is 24.1 Å². The molecule has 0 unspecified atom stereocenters. The maximum absolute atomic E-state index is 13.2. The highest BCUT2D eigenvalue weighted by Crippen LogP contribution is 2.30. The SMILES string of the molecule is C#CCNS(=O)(=O)c1cccc(C(=O)N(Cc2ccc(C(=O)NC)cc2)C2CC2)c1. The average molecular weight is 426 g/mol. The van der Waals surface area contributed by atoms with Crippen LogP contribution in [0.4, 0.5) is 0 Å². The number of sulfonamides is 1. The average Bonchev–Trinajstić information content (AvgIpc) is 3.61.